The minimum Gasteiger partial charge on any atom is -0.332 e. The van der Waals surface area contributed by atoms with Crippen LogP contribution in [0.2, 0.25) is 0 Å². The number of likely N-dealkylation sites (N-methyl/N-ethyl adjacent to an activating group) is 1. The molecule has 0 atom stereocenters. The van der Waals surface area contributed by atoms with Crippen molar-refractivity contribution in [3.8, 4) is 0 Å². The van der Waals surface area contributed by atoms with E-state index in [4.69, 9.17) is 4.99 Å². The molecule has 26 heavy (non-hydrogen) atoms. The molecule has 1 amide bonds. The number of pyridine rings is 1. The summed E-state index contributed by atoms with van der Waals surface area (Å²) in [6, 6.07) is 9.45. The Morgan fingerprint density at radius 1 is 1.23 bits per heavy atom. The van der Waals surface area contributed by atoms with Gasteiger partial charge in [0.2, 0.25) is 0 Å². The molecule has 3 rings (SSSR count). The number of hydrogen-bond acceptors (Lipinski definition) is 4. The number of amides is 1. The van der Waals surface area contributed by atoms with Crippen LogP contribution in [0.25, 0.3) is 0 Å². The molecule has 1 fully saturated rings. The lowest BCUT2D eigenvalue weighted by Crippen LogP contribution is -2.38. The minimum atomic E-state index is -0.161. The standard InChI is InChI=1S/C19H22BrN3O2S/c1-22(19(25)15-10-11-16(20)26-15)13-18(24)23-12-6-5-9-17(23)21-14-7-3-2-4-8-14/h5-6,9-12,14H,2-4,7-8,13H2,1H3. The highest BCUT2D eigenvalue weighted by atomic mass is 79.9. The number of rotatable bonds is 4. The predicted octanol–water partition coefficient (Wildman–Crippen LogP) is 3.96. The van der Waals surface area contributed by atoms with E-state index in [0.717, 1.165) is 16.6 Å². The van der Waals surface area contributed by atoms with E-state index in [-0.39, 0.29) is 24.4 Å². The lowest BCUT2D eigenvalue weighted by atomic mass is 9.96. The van der Waals surface area contributed by atoms with Crippen molar-refractivity contribution in [2.24, 2.45) is 4.99 Å². The van der Waals surface area contributed by atoms with Crippen LogP contribution < -0.4 is 5.49 Å². The van der Waals surface area contributed by atoms with E-state index in [1.807, 2.05) is 24.3 Å². The van der Waals surface area contributed by atoms with Crippen molar-refractivity contribution in [2.75, 3.05) is 13.6 Å². The van der Waals surface area contributed by atoms with E-state index in [1.165, 1.54) is 35.5 Å². The van der Waals surface area contributed by atoms with Gasteiger partial charge in [0.25, 0.3) is 11.8 Å². The Morgan fingerprint density at radius 2 is 2.00 bits per heavy atom. The largest absolute Gasteiger partial charge is 0.332 e. The van der Waals surface area contributed by atoms with E-state index in [2.05, 4.69) is 15.9 Å². The molecular formula is C19H22BrN3O2S. The highest BCUT2D eigenvalue weighted by Crippen LogP contribution is 2.23. The molecule has 2 aromatic heterocycles. The maximum Gasteiger partial charge on any atom is 0.264 e. The summed E-state index contributed by atoms with van der Waals surface area (Å²) in [5, 5.41) is 0. The monoisotopic (exact) mass is 435 g/mol. The van der Waals surface area contributed by atoms with Gasteiger partial charge in [0.05, 0.1) is 14.7 Å². The summed E-state index contributed by atoms with van der Waals surface area (Å²) in [6.45, 7) is 0.0101. The molecule has 1 aliphatic rings. The van der Waals surface area contributed by atoms with Gasteiger partial charge in [0.15, 0.2) is 0 Å². The van der Waals surface area contributed by atoms with Crippen LogP contribution in [-0.4, -0.2) is 40.9 Å². The molecule has 2 heterocycles. The molecule has 1 saturated carbocycles. The Hall–Kier alpha value is -1.73. The highest BCUT2D eigenvalue weighted by molar-refractivity contribution is 9.11. The summed E-state index contributed by atoms with van der Waals surface area (Å²) in [4.78, 5) is 32.1. The van der Waals surface area contributed by atoms with E-state index in [0.29, 0.717) is 10.4 Å². The first-order valence-corrected chi connectivity index (χ1v) is 10.4. The number of carbonyl (C=O) groups excluding carboxylic acids is 2. The minimum absolute atomic E-state index is 0.0101. The number of aromatic nitrogens is 1. The van der Waals surface area contributed by atoms with Crippen LogP contribution in [0.3, 0.4) is 0 Å². The third-order valence-electron chi connectivity index (χ3n) is 4.50. The smallest absolute Gasteiger partial charge is 0.264 e. The zero-order chi connectivity index (χ0) is 18.5. The van der Waals surface area contributed by atoms with Crippen molar-refractivity contribution in [3.05, 3.63) is 50.7 Å². The van der Waals surface area contributed by atoms with Crippen LogP contribution in [0.4, 0.5) is 0 Å². The lowest BCUT2D eigenvalue weighted by Gasteiger charge is -2.19. The first-order valence-electron chi connectivity index (χ1n) is 8.80. The molecule has 0 aromatic carbocycles. The predicted molar refractivity (Wildman–Crippen MR) is 106 cm³/mol. The van der Waals surface area contributed by atoms with E-state index >= 15 is 0 Å². The van der Waals surface area contributed by atoms with Gasteiger partial charge in [0, 0.05) is 13.2 Å². The Bertz CT molecular complexity index is 852. The van der Waals surface area contributed by atoms with Gasteiger partial charge >= 0.3 is 0 Å². The summed E-state index contributed by atoms with van der Waals surface area (Å²) in [7, 11) is 1.65. The third kappa shape index (κ3) is 4.71. The van der Waals surface area contributed by atoms with Crippen molar-refractivity contribution in [1.29, 1.82) is 0 Å². The second-order valence-corrected chi connectivity index (χ2v) is 8.97. The SMILES string of the molecule is CN(CC(=O)n1ccccc1=NC1CCCCC1)C(=O)c1ccc(Br)s1. The summed E-state index contributed by atoms with van der Waals surface area (Å²) in [5.41, 5.74) is 0.670. The van der Waals surface area contributed by atoms with Gasteiger partial charge in [-0.15, -0.1) is 11.3 Å². The van der Waals surface area contributed by atoms with Crippen LogP contribution in [-0.2, 0) is 0 Å². The number of carbonyl (C=O) groups is 2. The Kier molecular flexibility index (Phi) is 6.43. The van der Waals surface area contributed by atoms with E-state index in [9.17, 15) is 9.59 Å². The topological polar surface area (TPSA) is 54.7 Å². The summed E-state index contributed by atoms with van der Waals surface area (Å²) >= 11 is 4.72. The first kappa shape index (κ1) is 19.0. The van der Waals surface area contributed by atoms with Crippen molar-refractivity contribution in [1.82, 2.24) is 9.47 Å². The average Bonchev–Trinajstić information content (AvgIpc) is 3.08. The quantitative estimate of drug-likeness (QED) is 0.729. The number of hydrogen-bond donors (Lipinski definition) is 0. The summed E-state index contributed by atoms with van der Waals surface area (Å²) in [5.74, 6) is -0.317. The maximum absolute atomic E-state index is 12.8. The molecule has 1 aliphatic carbocycles. The summed E-state index contributed by atoms with van der Waals surface area (Å²) in [6.07, 6.45) is 7.55. The molecule has 0 spiro atoms. The van der Waals surface area contributed by atoms with Crippen LogP contribution in [0.15, 0.2) is 45.3 Å². The molecular weight excluding hydrogens is 414 g/mol. The van der Waals surface area contributed by atoms with E-state index < -0.39 is 0 Å². The van der Waals surface area contributed by atoms with Gasteiger partial charge in [-0.1, -0.05) is 25.3 Å². The Balaban J connectivity index is 1.75. The number of nitrogens with zero attached hydrogens (tertiary/aromatic N) is 3. The van der Waals surface area contributed by atoms with Gasteiger partial charge in [0.1, 0.15) is 12.0 Å². The molecule has 0 bridgehead atoms. The Morgan fingerprint density at radius 3 is 2.69 bits per heavy atom. The van der Waals surface area contributed by atoms with Crippen LogP contribution >= 0.6 is 27.3 Å². The van der Waals surface area contributed by atoms with Crippen molar-refractivity contribution < 1.29 is 9.59 Å². The fourth-order valence-corrected chi connectivity index (χ4v) is 4.50. The van der Waals surface area contributed by atoms with Gasteiger partial charge in [-0.25, -0.2) is 0 Å². The molecule has 0 unspecified atom stereocenters. The van der Waals surface area contributed by atoms with Crippen LogP contribution in [0.5, 0.6) is 0 Å². The van der Waals surface area contributed by atoms with Crippen molar-refractivity contribution >= 4 is 39.1 Å². The molecule has 0 N–H and O–H groups in total. The molecule has 0 aliphatic heterocycles. The van der Waals surface area contributed by atoms with Crippen LogP contribution in [0.1, 0.15) is 46.6 Å². The summed E-state index contributed by atoms with van der Waals surface area (Å²) < 4.78 is 2.45. The number of thiophene rings is 1. The molecule has 0 saturated heterocycles. The zero-order valence-electron chi connectivity index (χ0n) is 14.7. The second kappa shape index (κ2) is 8.77. The fraction of sp³-hybridized carbons (Fsp3) is 0.421. The molecule has 138 valence electrons. The third-order valence-corrected chi connectivity index (χ3v) is 6.11. The second-order valence-electron chi connectivity index (χ2n) is 6.51. The molecule has 7 heteroatoms. The molecule has 2 aromatic rings. The van der Waals surface area contributed by atoms with Gasteiger partial charge in [-0.2, -0.15) is 0 Å². The molecule has 0 radical (unpaired) electrons. The van der Waals surface area contributed by atoms with E-state index in [1.54, 1.807) is 23.9 Å². The van der Waals surface area contributed by atoms with Crippen LogP contribution in [0, 0.1) is 0 Å². The van der Waals surface area contributed by atoms with Gasteiger partial charge < -0.3 is 4.90 Å². The van der Waals surface area contributed by atoms with Crippen molar-refractivity contribution in [2.45, 2.75) is 38.1 Å². The first-order chi connectivity index (χ1) is 12.5. The van der Waals surface area contributed by atoms with Gasteiger partial charge in [-0.05, 0) is 53.0 Å². The van der Waals surface area contributed by atoms with Crippen molar-refractivity contribution in [3.63, 3.8) is 0 Å². The Labute approximate surface area is 165 Å². The molecule has 5 nitrogen and oxygen atoms in total. The normalized spacial score (nSPS) is 15.8. The lowest BCUT2D eigenvalue weighted by molar-refractivity contribution is 0.0718. The average molecular weight is 436 g/mol. The number of halogens is 1. The highest BCUT2D eigenvalue weighted by Gasteiger charge is 2.18. The maximum atomic E-state index is 12.8. The van der Waals surface area contributed by atoms with Gasteiger partial charge in [-0.3, -0.25) is 19.1 Å². The zero-order valence-corrected chi connectivity index (χ0v) is 17.1. The fourth-order valence-electron chi connectivity index (χ4n) is 3.12.